The fraction of sp³-hybridized carbons (Fsp3) is 0.467. The lowest BCUT2D eigenvalue weighted by atomic mass is 10.1. The highest BCUT2D eigenvalue weighted by Crippen LogP contribution is 2.15. The van der Waals surface area contributed by atoms with E-state index in [1.165, 1.54) is 0 Å². The molecule has 0 aliphatic carbocycles. The van der Waals surface area contributed by atoms with Gasteiger partial charge < -0.3 is 5.32 Å². The molecular weight excluding hydrogens is 270 g/mol. The van der Waals surface area contributed by atoms with Crippen molar-refractivity contribution in [3.05, 3.63) is 30.0 Å². The van der Waals surface area contributed by atoms with Crippen LogP contribution < -0.4 is 5.32 Å². The van der Waals surface area contributed by atoms with Crippen molar-refractivity contribution in [2.24, 2.45) is 0 Å². The number of fused-ring (bicyclic) bond motifs is 1. The molecule has 20 heavy (non-hydrogen) atoms. The number of hydrogen-bond acceptors (Lipinski definition) is 3. The molecule has 4 nitrogen and oxygen atoms in total. The Bertz CT molecular complexity index is 567. The zero-order chi connectivity index (χ0) is 14.4. The van der Waals surface area contributed by atoms with E-state index in [-0.39, 0.29) is 11.9 Å². The van der Waals surface area contributed by atoms with Crippen molar-refractivity contribution in [1.82, 2.24) is 15.5 Å². The molecule has 0 spiro atoms. The van der Waals surface area contributed by atoms with Crippen molar-refractivity contribution >= 4 is 28.6 Å². The van der Waals surface area contributed by atoms with E-state index in [2.05, 4.69) is 29.4 Å². The molecule has 0 radical (unpaired) electrons. The topological polar surface area (TPSA) is 57.8 Å². The molecule has 2 N–H and O–H groups in total. The van der Waals surface area contributed by atoms with E-state index in [0.717, 1.165) is 34.5 Å². The zero-order valence-corrected chi connectivity index (χ0v) is 12.8. The van der Waals surface area contributed by atoms with E-state index in [9.17, 15) is 4.79 Å². The Balaban J connectivity index is 1.88. The van der Waals surface area contributed by atoms with Crippen LogP contribution in [0.3, 0.4) is 0 Å². The predicted octanol–water partition coefficient (Wildman–Crippen LogP) is 2.75. The van der Waals surface area contributed by atoms with Gasteiger partial charge in [-0.15, -0.1) is 0 Å². The third-order valence-corrected chi connectivity index (χ3v) is 4.12. The lowest BCUT2D eigenvalue weighted by Gasteiger charge is -2.13. The van der Waals surface area contributed by atoms with E-state index >= 15 is 0 Å². The monoisotopic (exact) mass is 291 g/mol. The minimum atomic E-state index is 0.0494. The van der Waals surface area contributed by atoms with Crippen molar-refractivity contribution in [3.63, 3.8) is 0 Å². The molecule has 1 aromatic carbocycles. The van der Waals surface area contributed by atoms with Crippen LogP contribution in [-0.4, -0.2) is 33.7 Å². The number of aromatic nitrogens is 2. The van der Waals surface area contributed by atoms with Crippen LogP contribution in [-0.2, 0) is 11.2 Å². The van der Waals surface area contributed by atoms with Crippen LogP contribution in [0.4, 0.5) is 0 Å². The van der Waals surface area contributed by atoms with Gasteiger partial charge in [0.05, 0.1) is 17.6 Å². The summed E-state index contributed by atoms with van der Waals surface area (Å²) in [5.41, 5.74) is 1.79. The molecule has 0 saturated carbocycles. The largest absolute Gasteiger partial charge is 0.353 e. The molecule has 0 fully saturated rings. The summed E-state index contributed by atoms with van der Waals surface area (Å²) in [5, 5.41) is 11.2. The summed E-state index contributed by atoms with van der Waals surface area (Å²) in [5.74, 6) is 2.26. The molecule has 1 atom stereocenters. The van der Waals surface area contributed by atoms with E-state index in [4.69, 9.17) is 0 Å². The molecular formula is C15H21N3OS. The normalized spacial score (nSPS) is 12.5. The van der Waals surface area contributed by atoms with Gasteiger partial charge in [-0.3, -0.25) is 9.89 Å². The van der Waals surface area contributed by atoms with Gasteiger partial charge in [-0.2, -0.15) is 16.9 Å². The van der Waals surface area contributed by atoms with Crippen LogP contribution in [0.2, 0.25) is 0 Å². The summed E-state index contributed by atoms with van der Waals surface area (Å²) in [6.45, 7) is 4.20. The number of hydrogen-bond donors (Lipinski definition) is 2. The van der Waals surface area contributed by atoms with Crippen molar-refractivity contribution < 1.29 is 4.79 Å². The number of carbonyl (C=O) groups is 1. The van der Waals surface area contributed by atoms with Crippen LogP contribution in [0.1, 0.15) is 26.0 Å². The number of H-pyrrole nitrogens is 1. The first-order chi connectivity index (χ1) is 9.70. The molecule has 1 heterocycles. The van der Waals surface area contributed by atoms with Gasteiger partial charge in [0.2, 0.25) is 5.91 Å². The Hall–Kier alpha value is -1.49. The van der Waals surface area contributed by atoms with Crippen LogP contribution in [0.25, 0.3) is 10.9 Å². The summed E-state index contributed by atoms with van der Waals surface area (Å²) < 4.78 is 0. The van der Waals surface area contributed by atoms with Gasteiger partial charge in [-0.25, -0.2) is 0 Å². The van der Waals surface area contributed by atoms with E-state index in [1.54, 1.807) is 0 Å². The maximum absolute atomic E-state index is 12.0. The van der Waals surface area contributed by atoms with E-state index in [0.29, 0.717) is 6.42 Å². The number of carbonyl (C=O) groups excluding carboxylic acids is 1. The Morgan fingerprint density at radius 1 is 1.45 bits per heavy atom. The van der Waals surface area contributed by atoms with Crippen LogP contribution in [0, 0.1) is 0 Å². The molecule has 0 bridgehead atoms. The van der Waals surface area contributed by atoms with Crippen molar-refractivity contribution in [2.75, 3.05) is 11.5 Å². The first-order valence-corrected chi connectivity index (χ1v) is 8.15. The second-order valence-electron chi connectivity index (χ2n) is 4.85. The first kappa shape index (κ1) is 14.9. The summed E-state index contributed by atoms with van der Waals surface area (Å²) in [7, 11) is 0. The summed E-state index contributed by atoms with van der Waals surface area (Å²) in [4.78, 5) is 12.0. The van der Waals surface area contributed by atoms with Crippen molar-refractivity contribution in [3.8, 4) is 0 Å². The molecule has 108 valence electrons. The third-order valence-electron chi connectivity index (χ3n) is 3.18. The predicted molar refractivity (Wildman–Crippen MR) is 85.0 cm³/mol. The Labute approximate surface area is 123 Å². The highest BCUT2D eigenvalue weighted by molar-refractivity contribution is 7.99. The lowest BCUT2D eigenvalue weighted by molar-refractivity contribution is -0.121. The number of para-hydroxylation sites is 1. The van der Waals surface area contributed by atoms with Gasteiger partial charge in [-0.05, 0) is 30.9 Å². The summed E-state index contributed by atoms with van der Waals surface area (Å²) in [6.07, 6.45) is 1.36. The first-order valence-electron chi connectivity index (χ1n) is 6.99. The minimum absolute atomic E-state index is 0.0494. The number of aromatic amines is 1. The molecule has 5 heteroatoms. The van der Waals surface area contributed by atoms with Crippen LogP contribution in [0.5, 0.6) is 0 Å². The van der Waals surface area contributed by atoms with Gasteiger partial charge in [0, 0.05) is 11.4 Å². The maximum Gasteiger partial charge on any atom is 0.226 e. The average Bonchev–Trinajstić information content (AvgIpc) is 2.82. The average molecular weight is 291 g/mol. The maximum atomic E-state index is 12.0. The zero-order valence-electron chi connectivity index (χ0n) is 12.0. The number of rotatable bonds is 7. The van der Waals surface area contributed by atoms with Crippen molar-refractivity contribution in [2.45, 2.75) is 32.7 Å². The molecule has 2 rings (SSSR count). The number of nitrogens with zero attached hydrogens (tertiary/aromatic N) is 1. The molecule has 1 amide bonds. The quantitative estimate of drug-likeness (QED) is 0.771. The van der Waals surface area contributed by atoms with Crippen molar-refractivity contribution in [1.29, 1.82) is 0 Å². The van der Waals surface area contributed by atoms with Gasteiger partial charge >= 0.3 is 0 Å². The van der Waals surface area contributed by atoms with E-state index in [1.807, 2.05) is 36.0 Å². The highest BCUT2D eigenvalue weighted by Gasteiger charge is 2.11. The second kappa shape index (κ2) is 7.33. The fourth-order valence-corrected chi connectivity index (χ4v) is 2.92. The molecule has 0 saturated heterocycles. The summed E-state index contributed by atoms with van der Waals surface area (Å²) in [6, 6.07) is 8.06. The SMILES string of the molecule is CCSCC[C@H](C)NC(=O)Cc1[nH]nc2ccccc12. The van der Waals surface area contributed by atoms with E-state index < -0.39 is 0 Å². The third kappa shape index (κ3) is 4.00. The lowest BCUT2D eigenvalue weighted by Crippen LogP contribution is -2.34. The van der Waals surface area contributed by atoms with Crippen LogP contribution in [0.15, 0.2) is 24.3 Å². The molecule has 0 unspecified atom stereocenters. The number of nitrogens with one attached hydrogen (secondary N) is 2. The summed E-state index contributed by atoms with van der Waals surface area (Å²) >= 11 is 1.90. The number of benzene rings is 1. The highest BCUT2D eigenvalue weighted by atomic mass is 32.2. The van der Waals surface area contributed by atoms with Gasteiger partial charge in [0.15, 0.2) is 0 Å². The van der Waals surface area contributed by atoms with Crippen LogP contribution >= 0.6 is 11.8 Å². The minimum Gasteiger partial charge on any atom is -0.353 e. The van der Waals surface area contributed by atoms with Gasteiger partial charge in [0.25, 0.3) is 0 Å². The fourth-order valence-electron chi connectivity index (χ4n) is 2.11. The molecule has 2 aromatic rings. The molecule has 1 aromatic heterocycles. The second-order valence-corrected chi connectivity index (χ2v) is 6.24. The van der Waals surface area contributed by atoms with Gasteiger partial charge in [0.1, 0.15) is 0 Å². The standard InChI is InChI=1S/C15H21N3OS/c1-3-20-9-8-11(2)16-15(19)10-14-12-6-4-5-7-13(12)17-18-14/h4-7,11H,3,8-10H2,1-2H3,(H,16,19)(H,17,18)/t11-/m0/s1. The molecule has 0 aliphatic heterocycles. The van der Waals surface area contributed by atoms with Gasteiger partial charge in [-0.1, -0.05) is 25.1 Å². The Kier molecular flexibility index (Phi) is 5.47. The number of amides is 1. The number of thioether (sulfide) groups is 1. The Morgan fingerprint density at radius 2 is 2.25 bits per heavy atom. The smallest absolute Gasteiger partial charge is 0.226 e. The molecule has 0 aliphatic rings. The Morgan fingerprint density at radius 3 is 3.05 bits per heavy atom.